The van der Waals surface area contributed by atoms with Crippen LogP contribution in [0.1, 0.15) is 25.7 Å². The largest absolute Gasteiger partial charge is 0.467 e. The van der Waals surface area contributed by atoms with Crippen LogP contribution in [0.2, 0.25) is 5.02 Å². The molecule has 0 spiro atoms. The Balaban J connectivity index is 2.11. The lowest BCUT2D eigenvalue weighted by atomic mass is 9.86. The number of nitrogens with zero attached hydrogens (tertiary/aromatic N) is 2. The van der Waals surface area contributed by atoms with E-state index in [4.69, 9.17) is 27.9 Å². The van der Waals surface area contributed by atoms with Crippen molar-refractivity contribution in [3.05, 3.63) is 11.2 Å². The van der Waals surface area contributed by atoms with Crippen LogP contribution in [0.15, 0.2) is 6.20 Å². The highest BCUT2D eigenvalue weighted by atomic mass is 35.5. The molecule has 1 N–H and O–H groups in total. The lowest BCUT2D eigenvalue weighted by molar-refractivity contribution is 0.351. The van der Waals surface area contributed by atoms with Gasteiger partial charge in [0.1, 0.15) is 5.02 Å². The number of halogens is 2. The third-order valence-electron chi connectivity index (χ3n) is 3.33. The molecule has 1 aliphatic rings. The van der Waals surface area contributed by atoms with E-state index < -0.39 is 0 Å². The zero-order chi connectivity index (χ0) is 13.0. The highest BCUT2D eigenvalue weighted by Gasteiger charge is 2.25. The van der Waals surface area contributed by atoms with Crippen LogP contribution in [-0.4, -0.2) is 29.0 Å². The topological polar surface area (TPSA) is 47.0 Å². The van der Waals surface area contributed by atoms with E-state index in [1.54, 1.807) is 6.20 Å². The van der Waals surface area contributed by atoms with Crippen LogP contribution in [0.4, 0.5) is 5.82 Å². The van der Waals surface area contributed by atoms with Crippen molar-refractivity contribution >= 4 is 29.0 Å². The van der Waals surface area contributed by atoms with Gasteiger partial charge in [0.2, 0.25) is 0 Å². The molecular formula is C12H17Cl2N3O. The fourth-order valence-corrected chi connectivity index (χ4v) is 2.82. The Bertz CT molecular complexity index is 403. The zero-order valence-electron chi connectivity index (χ0n) is 10.3. The third kappa shape index (κ3) is 3.18. The summed E-state index contributed by atoms with van der Waals surface area (Å²) in [6, 6.07) is 0.647. The molecule has 0 amide bonds. The predicted octanol–water partition coefficient (Wildman–Crippen LogP) is 3.35. The minimum Gasteiger partial charge on any atom is -0.467 e. The Morgan fingerprint density at radius 3 is 2.94 bits per heavy atom. The second-order valence-electron chi connectivity index (χ2n) is 4.50. The molecule has 1 aliphatic carbocycles. The number of nitrogens with one attached hydrogen (secondary N) is 1. The molecule has 2 rings (SSSR count). The molecule has 4 nitrogen and oxygen atoms in total. The number of anilines is 1. The average molecular weight is 290 g/mol. The number of ether oxygens (including phenoxy) is 1. The molecular weight excluding hydrogens is 273 g/mol. The van der Waals surface area contributed by atoms with E-state index in [1.807, 2.05) is 0 Å². The van der Waals surface area contributed by atoms with Gasteiger partial charge in [-0.1, -0.05) is 24.4 Å². The summed E-state index contributed by atoms with van der Waals surface area (Å²) >= 11 is 12.1. The summed E-state index contributed by atoms with van der Waals surface area (Å²) in [5.41, 5.74) is 0. The Morgan fingerprint density at radius 1 is 1.44 bits per heavy atom. The van der Waals surface area contributed by atoms with Gasteiger partial charge in [-0.15, -0.1) is 11.6 Å². The summed E-state index contributed by atoms with van der Waals surface area (Å²) in [6.45, 7) is 0. The molecule has 1 aromatic rings. The molecule has 0 radical (unpaired) electrons. The van der Waals surface area contributed by atoms with Gasteiger partial charge < -0.3 is 10.1 Å². The standard InChI is InChI=1S/C12H17Cl2N3O/c1-18-12-15-7-9(14)11(17-12)16-10-5-3-2-4-8(10)6-13/h7-8,10H,2-6H2,1H3,(H,15,16,17). The Morgan fingerprint density at radius 2 is 2.22 bits per heavy atom. The summed E-state index contributed by atoms with van der Waals surface area (Å²) in [5, 5.41) is 3.89. The van der Waals surface area contributed by atoms with Crippen molar-refractivity contribution in [1.29, 1.82) is 0 Å². The maximum Gasteiger partial charge on any atom is 0.318 e. The maximum atomic E-state index is 6.09. The number of rotatable bonds is 4. The van der Waals surface area contributed by atoms with Crippen molar-refractivity contribution in [1.82, 2.24) is 9.97 Å². The smallest absolute Gasteiger partial charge is 0.318 e. The average Bonchev–Trinajstić information content (AvgIpc) is 2.42. The molecule has 0 bridgehead atoms. The molecule has 1 fully saturated rings. The molecule has 2 atom stereocenters. The highest BCUT2D eigenvalue weighted by Crippen LogP contribution is 2.30. The van der Waals surface area contributed by atoms with Crippen molar-refractivity contribution in [3.63, 3.8) is 0 Å². The predicted molar refractivity (Wildman–Crippen MR) is 73.7 cm³/mol. The number of hydrogen-bond donors (Lipinski definition) is 1. The van der Waals surface area contributed by atoms with Crippen LogP contribution in [0, 0.1) is 5.92 Å². The van der Waals surface area contributed by atoms with Crippen molar-refractivity contribution in [2.45, 2.75) is 31.7 Å². The van der Waals surface area contributed by atoms with Gasteiger partial charge in [-0.2, -0.15) is 4.98 Å². The lowest BCUT2D eigenvalue weighted by Crippen LogP contribution is -2.33. The fraction of sp³-hybridized carbons (Fsp3) is 0.667. The van der Waals surface area contributed by atoms with Crippen LogP contribution in [0.3, 0.4) is 0 Å². The molecule has 100 valence electrons. The lowest BCUT2D eigenvalue weighted by Gasteiger charge is -2.31. The van der Waals surface area contributed by atoms with E-state index in [0.717, 1.165) is 12.8 Å². The minimum atomic E-state index is 0.320. The van der Waals surface area contributed by atoms with Crippen molar-refractivity contribution in [3.8, 4) is 6.01 Å². The summed E-state index contributed by atoms with van der Waals surface area (Å²) in [5.74, 6) is 1.76. The van der Waals surface area contributed by atoms with Gasteiger partial charge in [0.15, 0.2) is 5.82 Å². The second kappa shape index (κ2) is 6.43. The van der Waals surface area contributed by atoms with Gasteiger partial charge >= 0.3 is 6.01 Å². The second-order valence-corrected chi connectivity index (χ2v) is 5.22. The van der Waals surface area contributed by atoms with E-state index in [9.17, 15) is 0 Å². The molecule has 1 heterocycles. The first kappa shape index (κ1) is 13.7. The SMILES string of the molecule is COc1ncc(Cl)c(NC2CCCCC2CCl)n1. The van der Waals surface area contributed by atoms with Crippen molar-refractivity contribution in [2.75, 3.05) is 18.3 Å². The molecule has 0 saturated heterocycles. The number of hydrogen-bond acceptors (Lipinski definition) is 4. The number of alkyl halides is 1. The fourth-order valence-electron chi connectivity index (χ4n) is 2.31. The summed E-state index contributed by atoms with van der Waals surface area (Å²) in [7, 11) is 1.54. The van der Waals surface area contributed by atoms with E-state index in [0.29, 0.717) is 34.7 Å². The minimum absolute atomic E-state index is 0.320. The third-order valence-corrected chi connectivity index (χ3v) is 4.01. The van der Waals surface area contributed by atoms with Crippen LogP contribution in [-0.2, 0) is 0 Å². The zero-order valence-corrected chi connectivity index (χ0v) is 11.8. The van der Waals surface area contributed by atoms with Gasteiger partial charge in [0.05, 0.1) is 13.3 Å². The number of aromatic nitrogens is 2. The quantitative estimate of drug-likeness (QED) is 0.864. The molecule has 1 aromatic heterocycles. The van der Waals surface area contributed by atoms with Gasteiger partial charge in [0.25, 0.3) is 0 Å². The van der Waals surface area contributed by atoms with Gasteiger partial charge in [-0.25, -0.2) is 4.98 Å². The van der Waals surface area contributed by atoms with E-state index in [-0.39, 0.29) is 0 Å². The Kier molecular flexibility index (Phi) is 4.89. The van der Waals surface area contributed by atoms with Gasteiger partial charge in [-0.3, -0.25) is 0 Å². The van der Waals surface area contributed by atoms with Crippen LogP contribution in [0.5, 0.6) is 6.01 Å². The maximum absolute atomic E-state index is 6.09. The molecule has 18 heavy (non-hydrogen) atoms. The van der Waals surface area contributed by atoms with Crippen molar-refractivity contribution in [2.24, 2.45) is 5.92 Å². The van der Waals surface area contributed by atoms with Gasteiger partial charge in [0, 0.05) is 11.9 Å². The Labute approximate surface area is 117 Å². The first-order valence-corrected chi connectivity index (χ1v) is 7.05. The monoisotopic (exact) mass is 289 g/mol. The van der Waals surface area contributed by atoms with Crippen molar-refractivity contribution < 1.29 is 4.74 Å². The first-order valence-electron chi connectivity index (χ1n) is 6.13. The summed E-state index contributed by atoms with van der Waals surface area (Å²) < 4.78 is 5.01. The van der Waals surface area contributed by atoms with E-state index >= 15 is 0 Å². The van der Waals surface area contributed by atoms with Crippen LogP contribution >= 0.6 is 23.2 Å². The van der Waals surface area contributed by atoms with Crippen LogP contribution in [0.25, 0.3) is 0 Å². The molecule has 6 heteroatoms. The molecule has 0 aromatic carbocycles. The van der Waals surface area contributed by atoms with Crippen LogP contribution < -0.4 is 10.1 Å². The first-order chi connectivity index (χ1) is 8.74. The molecule has 1 saturated carbocycles. The van der Waals surface area contributed by atoms with E-state index in [1.165, 1.54) is 20.0 Å². The normalized spacial score (nSPS) is 23.7. The highest BCUT2D eigenvalue weighted by molar-refractivity contribution is 6.32. The summed E-state index contributed by atoms with van der Waals surface area (Å²) in [6.07, 6.45) is 6.26. The van der Waals surface area contributed by atoms with E-state index in [2.05, 4.69) is 15.3 Å². The summed E-state index contributed by atoms with van der Waals surface area (Å²) in [4.78, 5) is 8.19. The van der Waals surface area contributed by atoms with Gasteiger partial charge in [-0.05, 0) is 18.8 Å². The molecule has 0 aliphatic heterocycles. The number of methoxy groups -OCH3 is 1. The molecule has 2 unspecified atom stereocenters. The Hall–Kier alpha value is -0.740.